The van der Waals surface area contributed by atoms with Gasteiger partial charge >= 0.3 is 5.97 Å². The first kappa shape index (κ1) is 32.7. The standard InChI is InChI=1S/C33H54O8S/c1-32-14-12-21(39-16-6-4-5-7-17-40-29-28(36)27(35)26(19-34)41-31(29)42)18-20(32)8-9-22-23-10-11-25(30(37)38-3)33(23,2)15-13-24(22)32/h8,21-29,31,34-36,42H,4-7,9-19H2,1-3H3/t21?,22-,23-,24-,25+,26+,27+,28-,29-,31-,32-,33-/m0/s1. The molecule has 5 aliphatic rings. The summed E-state index contributed by atoms with van der Waals surface area (Å²) in [6.07, 6.45) is 11.9. The van der Waals surface area contributed by atoms with Crippen LogP contribution in [0.25, 0.3) is 0 Å². The molecule has 0 amide bonds. The maximum atomic E-state index is 12.6. The van der Waals surface area contributed by atoms with Crippen LogP contribution in [0.15, 0.2) is 11.6 Å². The molecule has 0 bridgehead atoms. The molecule has 4 fully saturated rings. The highest BCUT2D eigenvalue weighted by Gasteiger charge is 2.60. The van der Waals surface area contributed by atoms with E-state index in [2.05, 4.69) is 32.6 Å². The van der Waals surface area contributed by atoms with Crippen LogP contribution in [-0.2, 0) is 23.7 Å². The van der Waals surface area contributed by atoms with Crippen molar-refractivity contribution >= 4 is 18.6 Å². The minimum Gasteiger partial charge on any atom is -0.469 e. The Labute approximate surface area is 257 Å². The highest BCUT2D eigenvalue weighted by atomic mass is 32.1. The van der Waals surface area contributed by atoms with Crippen molar-refractivity contribution in [2.24, 2.45) is 34.5 Å². The van der Waals surface area contributed by atoms with Crippen molar-refractivity contribution in [2.75, 3.05) is 26.9 Å². The number of aliphatic hydroxyl groups is 3. The van der Waals surface area contributed by atoms with Crippen LogP contribution in [0.2, 0.25) is 0 Å². The second-order valence-electron chi connectivity index (χ2n) is 14.2. The SMILES string of the molecule is COC(=O)[C@H]1CC[C@H]2[C@@H]3CC=C4CC(OCCCCCCO[C@H]5[C@@H](O)[C@H](O)[C@@H](CO)O[C@H]5S)CC[C@]4(C)[C@H]3CC[C@]12C. The lowest BCUT2D eigenvalue weighted by Crippen LogP contribution is -2.57. The van der Waals surface area contributed by atoms with E-state index >= 15 is 0 Å². The van der Waals surface area contributed by atoms with Gasteiger partial charge in [0.05, 0.1) is 25.7 Å². The number of thiol groups is 1. The molecule has 3 N–H and O–H groups in total. The number of fused-ring (bicyclic) bond motifs is 5. The fourth-order valence-corrected chi connectivity index (χ4v) is 10.00. The van der Waals surface area contributed by atoms with E-state index in [4.69, 9.17) is 18.9 Å². The fraction of sp³-hybridized carbons (Fsp3) is 0.909. The highest BCUT2D eigenvalue weighted by Crippen LogP contribution is 2.66. The summed E-state index contributed by atoms with van der Waals surface area (Å²) in [6.45, 7) is 5.75. The summed E-state index contributed by atoms with van der Waals surface area (Å²) in [5.74, 6) is 2.09. The van der Waals surface area contributed by atoms with E-state index < -0.39 is 29.9 Å². The number of ether oxygens (including phenoxy) is 4. The molecule has 3 saturated carbocycles. The van der Waals surface area contributed by atoms with Crippen molar-refractivity contribution in [2.45, 2.75) is 127 Å². The Morgan fingerprint density at radius 1 is 1.00 bits per heavy atom. The normalized spacial score (nSPS) is 45.0. The Balaban J connectivity index is 1.01. The molecular weight excluding hydrogens is 556 g/mol. The maximum absolute atomic E-state index is 12.6. The Morgan fingerprint density at radius 2 is 1.74 bits per heavy atom. The molecule has 0 aromatic heterocycles. The van der Waals surface area contributed by atoms with Crippen molar-refractivity contribution in [3.63, 3.8) is 0 Å². The molecule has 1 aliphatic heterocycles. The van der Waals surface area contributed by atoms with E-state index in [1.807, 2.05) is 0 Å². The van der Waals surface area contributed by atoms with E-state index in [-0.39, 0.29) is 29.3 Å². The average Bonchev–Trinajstić information content (AvgIpc) is 3.34. The molecule has 4 aliphatic carbocycles. The summed E-state index contributed by atoms with van der Waals surface area (Å²) in [7, 11) is 1.54. The molecular formula is C33H54O8S. The Hall–Kier alpha value is -0.680. The lowest BCUT2D eigenvalue weighted by molar-refractivity contribution is -0.218. The van der Waals surface area contributed by atoms with E-state index in [1.54, 1.807) is 12.7 Å². The zero-order valence-electron chi connectivity index (χ0n) is 25.8. The lowest BCUT2D eigenvalue weighted by Gasteiger charge is -2.58. The van der Waals surface area contributed by atoms with Crippen molar-refractivity contribution < 1.29 is 39.1 Å². The quantitative estimate of drug-likeness (QED) is 0.118. The van der Waals surface area contributed by atoms with Gasteiger partial charge in [0.25, 0.3) is 0 Å². The van der Waals surface area contributed by atoms with Crippen LogP contribution in [-0.4, -0.2) is 84.2 Å². The third kappa shape index (κ3) is 6.22. The van der Waals surface area contributed by atoms with Gasteiger partial charge in [-0.3, -0.25) is 4.79 Å². The number of rotatable bonds is 11. The summed E-state index contributed by atoms with van der Waals surface area (Å²) in [5, 5.41) is 29.6. The van der Waals surface area contributed by atoms with Crippen LogP contribution in [0.4, 0.5) is 0 Å². The molecule has 5 rings (SSSR count). The van der Waals surface area contributed by atoms with E-state index in [0.29, 0.717) is 30.5 Å². The van der Waals surface area contributed by atoms with Gasteiger partial charge in [-0.1, -0.05) is 38.3 Å². The predicted molar refractivity (Wildman–Crippen MR) is 162 cm³/mol. The van der Waals surface area contributed by atoms with Gasteiger partial charge in [0.15, 0.2) is 0 Å². The van der Waals surface area contributed by atoms with Crippen LogP contribution in [0.1, 0.15) is 90.9 Å². The molecule has 12 atom stereocenters. The summed E-state index contributed by atoms with van der Waals surface area (Å²) in [6, 6.07) is 0. The fourth-order valence-electron chi connectivity index (χ4n) is 9.58. The lowest BCUT2D eigenvalue weighted by atomic mass is 9.47. The number of allylic oxidation sites excluding steroid dienone is 1. The molecule has 0 spiro atoms. The molecule has 42 heavy (non-hydrogen) atoms. The number of unbranched alkanes of at least 4 members (excludes halogenated alkanes) is 3. The molecule has 1 heterocycles. The molecule has 0 aromatic rings. The van der Waals surface area contributed by atoms with Crippen LogP contribution >= 0.6 is 12.6 Å². The molecule has 1 unspecified atom stereocenters. The Morgan fingerprint density at radius 3 is 2.45 bits per heavy atom. The summed E-state index contributed by atoms with van der Waals surface area (Å²) in [5.41, 5.74) is 1.30. The third-order valence-corrected chi connectivity index (χ3v) is 12.5. The number of esters is 1. The monoisotopic (exact) mass is 610 g/mol. The average molecular weight is 611 g/mol. The second kappa shape index (κ2) is 13.8. The largest absolute Gasteiger partial charge is 0.469 e. The first-order valence-corrected chi connectivity index (χ1v) is 17.0. The molecule has 240 valence electrons. The first-order chi connectivity index (χ1) is 20.1. The van der Waals surface area contributed by atoms with Gasteiger partial charge in [0.2, 0.25) is 0 Å². The summed E-state index contributed by atoms with van der Waals surface area (Å²) in [4.78, 5) is 12.6. The van der Waals surface area contributed by atoms with Gasteiger partial charge in [-0.2, -0.15) is 0 Å². The molecule has 9 heteroatoms. The maximum Gasteiger partial charge on any atom is 0.309 e. The van der Waals surface area contributed by atoms with Crippen molar-refractivity contribution in [1.82, 2.24) is 0 Å². The number of aliphatic hydroxyl groups excluding tert-OH is 3. The van der Waals surface area contributed by atoms with Gasteiger partial charge in [0, 0.05) is 13.2 Å². The zero-order chi connectivity index (χ0) is 30.1. The number of carbonyl (C=O) groups is 1. The number of hydrogen-bond acceptors (Lipinski definition) is 9. The van der Waals surface area contributed by atoms with Gasteiger partial charge in [-0.05, 0) is 92.8 Å². The first-order valence-electron chi connectivity index (χ1n) is 16.4. The predicted octanol–water partition coefficient (Wildman–Crippen LogP) is 4.44. The molecule has 0 aromatic carbocycles. The number of methoxy groups -OCH3 is 1. The van der Waals surface area contributed by atoms with Crippen LogP contribution in [0, 0.1) is 34.5 Å². The summed E-state index contributed by atoms with van der Waals surface area (Å²) < 4.78 is 22.8. The van der Waals surface area contributed by atoms with Gasteiger partial charge < -0.3 is 34.3 Å². The topological polar surface area (TPSA) is 115 Å². The van der Waals surface area contributed by atoms with E-state index in [1.165, 1.54) is 12.8 Å². The van der Waals surface area contributed by atoms with Gasteiger partial charge in [-0.15, -0.1) is 12.6 Å². The van der Waals surface area contributed by atoms with Crippen molar-refractivity contribution in [1.29, 1.82) is 0 Å². The molecule has 0 radical (unpaired) electrons. The van der Waals surface area contributed by atoms with Gasteiger partial charge in [0.1, 0.15) is 29.9 Å². The number of carbonyl (C=O) groups excluding carboxylic acids is 1. The smallest absolute Gasteiger partial charge is 0.309 e. The minimum atomic E-state index is -1.18. The van der Waals surface area contributed by atoms with Crippen LogP contribution in [0.5, 0.6) is 0 Å². The molecule has 8 nitrogen and oxygen atoms in total. The van der Waals surface area contributed by atoms with Gasteiger partial charge in [-0.25, -0.2) is 0 Å². The third-order valence-electron chi connectivity index (χ3n) is 12.1. The molecule has 1 saturated heterocycles. The second-order valence-corrected chi connectivity index (χ2v) is 14.7. The Bertz CT molecular complexity index is 960. The van der Waals surface area contributed by atoms with E-state index in [0.717, 1.165) is 70.8 Å². The minimum absolute atomic E-state index is 0.00189. The van der Waals surface area contributed by atoms with Crippen LogP contribution in [0.3, 0.4) is 0 Å². The zero-order valence-corrected chi connectivity index (χ0v) is 26.7. The van der Waals surface area contributed by atoms with Crippen molar-refractivity contribution in [3.05, 3.63) is 11.6 Å². The Kier molecular flexibility index (Phi) is 10.7. The van der Waals surface area contributed by atoms with E-state index in [9.17, 15) is 20.1 Å². The highest BCUT2D eigenvalue weighted by molar-refractivity contribution is 7.80. The van der Waals surface area contributed by atoms with Crippen molar-refractivity contribution in [3.8, 4) is 0 Å². The van der Waals surface area contributed by atoms with Crippen LogP contribution < -0.4 is 0 Å². The summed E-state index contributed by atoms with van der Waals surface area (Å²) >= 11 is 4.31. The number of hydrogen-bond donors (Lipinski definition) is 4.